The third-order valence-electron chi connectivity index (χ3n) is 10.6. The van der Waals surface area contributed by atoms with Crippen molar-refractivity contribution in [2.45, 2.75) is 131 Å². The second-order valence-corrected chi connectivity index (χ2v) is 20.2. The summed E-state index contributed by atoms with van der Waals surface area (Å²) in [5.74, 6) is 2.36. The molecule has 0 atom stereocenters. The van der Waals surface area contributed by atoms with Crippen LogP contribution in [0.4, 0.5) is 0 Å². The van der Waals surface area contributed by atoms with Gasteiger partial charge in [0.1, 0.15) is 17.2 Å². The van der Waals surface area contributed by atoms with Gasteiger partial charge in [-0.15, -0.1) is 0 Å². The Morgan fingerprint density at radius 3 is 1.20 bits per heavy atom. The molecule has 6 aromatic carbocycles. The zero-order valence-corrected chi connectivity index (χ0v) is 36.1. The van der Waals surface area contributed by atoms with E-state index in [0.29, 0.717) is 0 Å². The predicted molar refractivity (Wildman–Crippen MR) is 234 cm³/mol. The number of fused-ring (bicyclic) bond motifs is 3. The molecular weight excluding hydrogens is 680 g/mol. The van der Waals surface area contributed by atoms with E-state index >= 15 is 0 Å². The highest BCUT2D eigenvalue weighted by atomic mass is 31.2. The summed E-state index contributed by atoms with van der Waals surface area (Å²) >= 11 is 0. The van der Waals surface area contributed by atoms with Crippen LogP contribution >= 0.6 is 8.60 Å². The molecule has 0 bridgehead atoms. The monoisotopic (exact) mass is 740 g/mol. The lowest BCUT2D eigenvalue weighted by molar-refractivity contribution is 0.376. The summed E-state index contributed by atoms with van der Waals surface area (Å²) in [5.41, 5.74) is 7.03. The van der Waals surface area contributed by atoms with Crippen LogP contribution in [0.2, 0.25) is 0 Å². The average molecular weight is 741 g/mol. The molecular formula is C50H61O3P. The Kier molecular flexibility index (Phi) is 10.7. The van der Waals surface area contributed by atoms with Gasteiger partial charge in [-0.3, -0.25) is 0 Å². The first-order valence-electron chi connectivity index (χ1n) is 19.7. The molecule has 0 aliphatic heterocycles. The smallest absolute Gasteiger partial charge is 0.408 e. The molecule has 0 saturated carbocycles. The predicted octanol–water partition coefficient (Wildman–Crippen LogP) is 15.2. The van der Waals surface area contributed by atoms with Crippen molar-refractivity contribution in [3.05, 3.63) is 124 Å². The van der Waals surface area contributed by atoms with Crippen molar-refractivity contribution in [2.24, 2.45) is 0 Å². The zero-order chi connectivity index (χ0) is 39.4. The van der Waals surface area contributed by atoms with E-state index in [1.54, 1.807) is 0 Å². The molecule has 0 saturated heterocycles. The minimum absolute atomic E-state index is 0.0507. The van der Waals surface area contributed by atoms with Crippen molar-refractivity contribution in [2.75, 3.05) is 0 Å². The third-order valence-corrected chi connectivity index (χ3v) is 11.7. The quantitative estimate of drug-likeness (QED) is 0.145. The van der Waals surface area contributed by atoms with Crippen LogP contribution in [0.15, 0.2) is 91.0 Å². The van der Waals surface area contributed by atoms with Gasteiger partial charge in [-0.2, -0.15) is 0 Å². The molecule has 0 aliphatic rings. The van der Waals surface area contributed by atoms with E-state index in [4.69, 9.17) is 13.6 Å². The fraction of sp³-hybridized carbons (Fsp3) is 0.400. The largest absolute Gasteiger partial charge is 0.530 e. The van der Waals surface area contributed by atoms with E-state index in [0.717, 1.165) is 62.9 Å². The Balaban J connectivity index is 1.52. The van der Waals surface area contributed by atoms with Gasteiger partial charge < -0.3 is 13.6 Å². The summed E-state index contributed by atoms with van der Waals surface area (Å²) in [4.78, 5) is 0. The first kappa shape index (κ1) is 39.6. The van der Waals surface area contributed by atoms with Gasteiger partial charge in [0.05, 0.1) is 0 Å². The second kappa shape index (κ2) is 14.5. The highest BCUT2D eigenvalue weighted by molar-refractivity contribution is 7.43. The van der Waals surface area contributed by atoms with Gasteiger partial charge in [-0.05, 0) is 125 Å². The number of benzene rings is 6. The van der Waals surface area contributed by atoms with Crippen molar-refractivity contribution < 1.29 is 13.6 Å². The molecule has 0 spiro atoms. The van der Waals surface area contributed by atoms with Crippen LogP contribution in [0.25, 0.3) is 32.3 Å². The Bertz CT molecular complexity index is 2210. The summed E-state index contributed by atoms with van der Waals surface area (Å²) in [6, 6.07) is 33.6. The first-order valence-corrected chi connectivity index (χ1v) is 20.8. The fourth-order valence-corrected chi connectivity index (χ4v) is 8.13. The number of aryl methyl sites for hydroxylation is 2. The summed E-state index contributed by atoms with van der Waals surface area (Å²) in [7, 11) is -1.96. The van der Waals surface area contributed by atoms with Crippen LogP contribution in [-0.2, 0) is 34.5 Å². The Hall–Kier alpha value is -4.07. The van der Waals surface area contributed by atoms with Gasteiger partial charge >= 0.3 is 8.60 Å². The SMILES string of the molecule is CCc1ccc2cc(OP(Oc3cc4ccc(C(C)(C)C)cc4cc3C(C)(C)C)Oc3cc4ccc(C(C)(C)C)cc4cc3C(C)(C)C)c(CC)cc2c1. The summed E-state index contributed by atoms with van der Waals surface area (Å²) in [6.07, 6.45) is 1.82. The molecule has 0 fully saturated rings. The molecule has 0 aliphatic carbocycles. The van der Waals surface area contributed by atoms with E-state index in [1.165, 1.54) is 32.8 Å². The van der Waals surface area contributed by atoms with Crippen molar-refractivity contribution in [1.29, 1.82) is 0 Å². The van der Waals surface area contributed by atoms with Crippen LogP contribution in [0.5, 0.6) is 17.2 Å². The molecule has 6 aromatic rings. The third kappa shape index (κ3) is 8.58. The van der Waals surface area contributed by atoms with Gasteiger partial charge in [-0.25, -0.2) is 0 Å². The maximum absolute atomic E-state index is 7.10. The molecule has 0 amide bonds. The minimum atomic E-state index is -1.96. The van der Waals surface area contributed by atoms with Crippen molar-refractivity contribution in [3.8, 4) is 17.2 Å². The molecule has 4 heteroatoms. The van der Waals surface area contributed by atoms with Gasteiger partial charge in [0.2, 0.25) is 0 Å². The minimum Gasteiger partial charge on any atom is -0.408 e. The Labute approximate surface area is 326 Å². The topological polar surface area (TPSA) is 27.7 Å². The normalized spacial score (nSPS) is 12.9. The van der Waals surface area contributed by atoms with Crippen molar-refractivity contribution in [1.82, 2.24) is 0 Å². The molecule has 0 radical (unpaired) electrons. The van der Waals surface area contributed by atoms with Crippen LogP contribution in [-0.4, -0.2) is 0 Å². The van der Waals surface area contributed by atoms with Gasteiger partial charge in [0.15, 0.2) is 0 Å². The molecule has 6 rings (SSSR count). The average Bonchev–Trinajstić information content (AvgIpc) is 3.08. The van der Waals surface area contributed by atoms with Crippen LogP contribution in [0, 0.1) is 0 Å². The molecule has 0 N–H and O–H groups in total. The van der Waals surface area contributed by atoms with Gasteiger partial charge in [0, 0.05) is 11.1 Å². The van der Waals surface area contributed by atoms with E-state index in [1.807, 2.05) is 0 Å². The molecule has 0 heterocycles. The van der Waals surface area contributed by atoms with Crippen molar-refractivity contribution in [3.63, 3.8) is 0 Å². The van der Waals surface area contributed by atoms with Gasteiger partial charge in [0.25, 0.3) is 0 Å². The lowest BCUT2D eigenvalue weighted by Gasteiger charge is -2.28. The molecule has 3 nitrogen and oxygen atoms in total. The van der Waals surface area contributed by atoms with E-state index in [-0.39, 0.29) is 21.7 Å². The lowest BCUT2D eigenvalue weighted by atomic mass is 9.83. The fourth-order valence-electron chi connectivity index (χ4n) is 7.06. The van der Waals surface area contributed by atoms with Crippen LogP contribution in [0.1, 0.15) is 130 Å². The summed E-state index contributed by atoms with van der Waals surface area (Å²) in [5, 5.41) is 7.04. The summed E-state index contributed by atoms with van der Waals surface area (Å²) < 4.78 is 21.2. The Morgan fingerprint density at radius 1 is 0.389 bits per heavy atom. The highest BCUT2D eigenvalue weighted by Crippen LogP contribution is 2.50. The van der Waals surface area contributed by atoms with Crippen molar-refractivity contribution >= 4 is 40.9 Å². The van der Waals surface area contributed by atoms with Gasteiger partial charge in [-0.1, -0.05) is 152 Å². The van der Waals surface area contributed by atoms with Crippen LogP contribution < -0.4 is 13.6 Å². The molecule has 284 valence electrons. The summed E-state index contributed by atoms with van der Waals surface area (Å²) in [6.45, 7) is 31.4. The highest BCUT2D eigenvalue weighted by Gasteiger charge is 2.30. The van der Waals surface area contributed by atoms with E-state index in [9.17, 15) is 0 Å². The standard InChI is InChI=1S/C50H61O3P/c1-15-32-17-18-34-29-44(33(16-2)24-37(34)23-32)51-54(52-45-30-35-19-21-40(47(3,4)5)25-38(35)27-42(45)49(9,10)11)53-46-31-36-20-22-41(48(6,7)8)26-39(36)28-43(46)50(12,13)14/h17-31H,15-16H2,1-14H3. The van der Waals surface area contributed by atoms with E-state index in [2.05, 4.69) is 188 Å². The van der Waals surface area contributed by atoms with E-state index < -0.39 is 8.60 Å². The lowest BCUT2D eigenvalue weighted by Crippen LogP contribution is -2.16. The zero-order valence-electron chi connectivity index (χ0n) is 35.2. The maximum Gasteiger partial charge on any atom is 0.530 e. The second-order valence-electron chi connectivity index (χ2n) is 19.2. The molecule has 0 aromatic heterocycles. The molecule has 0 unspecified atom stereocenters. The number of hydrogen-bond acceptors (Lipinski definition) is 3. The number of hydrogen-bond donors (Lipinski definition) is 0. The first-order chi connectivity index (χ1) is 25.1. The van der Waals surface area contributed by atoms with Crippen LogP contribution in [0.3, 0.4) is 0 Å². The maximum atomic E-state index is 7.10. The Morgan fingerprint density at radius 2 is 0.796 bits per heavy atom. The molecule has 54 heavy (non-hydrogen) atoms. The number of rotatable bonds is 8.